The van der Waals surface area contributed by atoms with Crippen molar-refractivity contribution < 1.29 is 0 Å². The molecule has 1 aromatic rings. The molecule has 0 spiro atoms. The van der Waals surface area contributed by atoms with Crippen LogP contribution >= 0.6 is 0 Å². The average Bonchev–Trinajstić information content (AvgIpc) is 2.87. The first kappa shape index (κ1) is 19.6. The van der Waals surface area contributed by atoms with Crippen LogP contribution in [0.25, 0.3) is 0 Å². The maximum absolute atomic E-state index is 4.72. The molecular weight excluding hydrogens is 322 g/mol. The molecule has 2 aliphatic heterocycles. The zero-order valence-corrected chi connectivity index (χ0v) is 17.2. The predicted molar refractivity (Wildman–Crippen MR) is 109 cm³/mol. The average molecular weight is 360 g/mol. The summed E-state index contributed by atoms with van der Waals surface area (Å²) in [4.78, 5) is 16.8. The van der Waals surface area contributed by atoms with Crippen LogP contribution in [0, 0.1) is 5.92 Å². The Hall–Kier alpha value is -1.20. The van der Waals surface area contributed by atoms with Crippen LogP contribution in [0.4, 0.5) is 5.95 Å². The number of likely N-dealkylation sites (N-methyl/N-ethyl adjacent to an activating group) is 1. The van der Waals surface area contributed by atoms with E-state index in [9.17, 15) is 0 Å². The number of hydrogen-bond donors (Lipinski definition) is 0. The van der Waals surface area contributed by atoms with E-state index in [-0.39, 0.29) is 0 Å². The van der Waals surface area contributed by atoms with Gasteiger partial charge in [-0.25, -0.2) is 9.97 Å². The molecule has 1 aromatic heterocycles. The summed E-state index contributed by atoms with van der Waals surface area (Å²) in [6.07, 6.45) is 11.6. The Labute approximate surface area is 159 Å². The lowest BCUT2D eigenvalue weighted by Crippen LogP contribution is -2.53. The molecule has 5 nitrogen and oxygen atoms in total. The van der Waals surface area contributed by atoms with Crippen molar-refractivity contribution in [2.24, 2.45) is 5.92 Å². The second-order valence-corrected chi connectivity index (χ2v) is 8.85. The fourth-order valence-corrected chi connectivity index (χ4v) is 4.49. The van der Waals surface area contributed by atoms with Crippen LogP contribution in [-0.4, -0.2) is 72.1 Å². The van der Waals surface area contributed by atoms with E-state index in [1.54, 1.807) is 0 Å². The number of fused-ring (bicyclic) bond motifs is 2. The van der Waals surface area contributed by atoms with E-state index in [2.05, 4.69) is 55.0 Å². The molecule has 2 saturated heterocycles. The molecule has 146 valence electrons. The van der Waals surface area contributed by atoms with Gasteiger partial charge in [-0.1, -0.05) is 13.8 Å². The van der Waals surface area contributed by atoms with Gasteiger partial charge in [0.05, 0.1) is 0 Å². The number of nitrogens with zero attached hydrogens (tertiary/aromatic N) is 5. The van der Waals surface area contributed by atoms with Crippen molar-refractivity contribution in [1.29, 1.82) is 0 Å². The standard InChI is InChI=1S/C21H37N5/c1-17(2)7-5-11-24(3)12-6-8-18-13-22-21(23-14-18)26-19-9-10-20(26)16-25(4)15-19/h13-14,17,19-20H,5-12,15-16H2,1-4H3. The molecule has 2 bridgehead atoms. The fraction of sp³-hybridized carbons (Fsp3) is 0.810. The Morgan fingerprint density at radius 1 is 1.08 bits per heavy atom. The van der Waals surface area contributed by atoms with Crippen molar-refractivity contribution in [1.82, 2.24) is 19.8 Å². The first-order valence-corrected chi connectivity index (χ1v) is 10.5. The Morgan fingerprint density at radius 2 is 1.69 bits per heavy atom. The molecule has 0 aliphatic carbocycles. The molecule has 2 unspecified atom stereocenters. The number of piperazine rings is 1. The summed E-state index contributed by atoms with van der Waals surface area (Å²) in [6.45, 7) is 9.26. The third-order valence-corrected chi connectivity index (χ3v) is 5.91. The van der Waals surface area contributed by atoms with Gasteiger partial charge < -0.3 is 14.7 Å². The number of hydrogen-bond acceptors (Lipinski definition) is 5. The topological polar surface area (TPSA) is 35.5 Å². The van der Waals surface area contributed by atoms with Gasteiger partial charge in [-0.2, -0.15) is 0 Å². The number of aryl methyl sites for hydroxylation is 1. The quantitative estimate of drug-likeness (QED) is 0.677. The molecule has 5 heteroatoms. The molecule has 3 heterocycles. The van der Waals surface area contributed by atoms with Gasteiger partial charge in [0, 0.05) is 37.6 Å². The minimum atomic E-state index is 0.601. The summed E-state index contributed by atoms with van der Waals surface area (Å²) in [6, 6.07) is 1.20. The molecule has 26 heavy (non-hydrogen) atoms. The lowest BCUT2D eigenvalue weighted by atomic mass is 10.1. The third kappa shape index (κ3) is 5.17. The van der Waals surface area contributed by atoms with Gasteiger partial charge in [-0.05, 0) is 77.2 Å². The van der Waals surface area contributed by atoms with Crippen LogP contribution in [0.1, 0.15) is 51.5 Å². The van der Waals surface area contributed by atoms with Gasteiger partial charge in [-0.15, -0.1) is 0 Å². The summed E-state index contributed by atoms with van der Waals surface area (Å²) in [5.41, 5.74) is 1.27. The molecule has 2 aliphatic rings. The van der Waals surface area contributed by atoms with Crippen LogP contribution < -0.4 is 4.90 Å². The molecule has 0 amide bonds. The monoisotopic (exact) mass is 359 g/mol. The number of rotatable bonds is 9. The van der Waals surface area contributed by atoms with Crippen LogP contribution in [0.5, 0.6) is 0 Å². The third-order valence-electron chi connectivity index (χ3n) is 5.91. The molecule has 0 radical (unpaired) electrons. The molecule has 3 rings (SSSR count). The van der Waals surface area contributed by atoms with Crippen molar-refractivity contribution >= 4 is 5.95 Å². The van der Waals surface area contributed by atoms with Crippen LogP contribution in [0.15, 0.2) is 12.4 Å². The predicted octanol–water partition coefficient (Wildman–Crippen LogP) is 3.06. The Kier molecular flexibility index (Phi) is 6.87. The minimum Gasteiger partial charge on any atom is -0.332 e. The normalized spacial score (nSPS) is 23.4. The van der Waals surface area contributed by atoms with E-state index < -0.39 is 0 Å². The van der Waals surface area contributed by atoms with E-state index >= 15 is 0 Å². The second-order valence-electron chi connectivity index (χ2n) is 8.85. The maximum atomic E-state index is 4.72. The molecule has 0 saturated carbocycles. The van der Waals surface area contributed by atoms with Gasteiger partial charge in [0.2, 0.25) is 5.95 Å². The Morgan fingerprint density at radius 3 is 2.31 bits per heavy atom. The first-order chi connectivity index (χ1) is 12.5. The highest BCUT2D eigenvalue weighted by atomic mass is 15.4. The first-order valence-electron chi connectivity index (χ1n) is 10.5. The summed E-state index contributed by atoms with van der Waals surface area (Å²) < 4.78 is 0. The summed E-state index contributed by atoms with van der Waals surface area (Å²) >= 11 is 0. The Bertz CT molecular complexity index is 530. The van der Waals surface area contributed by atoms with Gasteiger partial charge in [0.25, 0.3) is 0 Å². The van der Waals surface area contributed by atoms with Crippen molar-refractivity contribution in [3.8, 4) is 0 Å². The van der Waals surface area contributed by atoms with E-state index in [0.29, 0.717) is 12.1 Å². The highest BCUT2D eigenvalue weighted by Crippen LogP contribution is 2.32. The second kappa shape index (κ2) is 9.14. The number of likely N-dealkylation sites (tertiary alicyclic amines) is 1. The van der Waals surface area contributed by atoms with E-state index in [4.69, 9.17) is 9.97 Å². The highest BCUT2D eigenvalue weighted by Gasteiger charge is 2.39. The van der Waals surface area contributed by atoms with Crippen molar-refractivity contribution in [3.05, 3.63) is 18.0 Å². The fourth-order valence-electron chi connectivity index (χ4n) is 4.49. The largest absolute Gasteiger partial charge is 0.332 e. The minimum absolute atomic E-state index is 0.601. The van der Waals surface area contributed by atoms with E-state index in [0.717, 1.165) is 37.9 Å². The Balaban J connectivity index is 1.42. The zero-order valence-electron chi connectivity index (χ0n) is 17.2. The highest BCUT2D eigenvalue weighted by molar-refractivity contribution is 5.37. The van der Waals surface area contributed by atoms with Crippen molar-refractivity contribution in [2.75, 3.05) is 45.2 Å². The van der Waals surface area contributed by atoms with Gasteiger partial charge >= 0.3 is 0 Å². The zero-order chi connectivity index (χ0) is 18.5. The van der Waals surface area contributed by atoms with Crippen LogP contribution in [0.3, 0.4) is 0 Å². The van der Waals surface area contributed by atoms with Crippen LogP contribution in [0.2, 0.25) is 0 Å². The lowest BCUT2D eigenvalue weighted by molar-refractivity contribution is 0.262. The number of anilines is 1. The number of aromatic nitrogens is 2. The molecule has 2 fully saturated rings. The van der Waals surface area contributed by atoms with Gasteiger partial charge in [-0.3, -0.25) is 0 Å². The SMILES string of the molecule is CC(C)CCCN(C)CCCc1cnc(N2C3CCC2CN(C)C3)nc1. The summed E-state index contributed by atoms with van der Waals surface area (Å²) in [5.74, 6) is 1.76. The molecular formula is C21H37N5. The lowest BCUT2D eigenvalue weighted by Gasteiger charge is -2.39. The molecule has 2 atom stereocenters. The molecule has 0 aromatic carbocycles. The summed E-state index contributed by atoms with van der Waals surface area (Å²) in [5, 5.41) is 0. The van der Waals surface area contributed by atoms with Crippen molar-refractivity contribution in [2.45, 2.75) is 64.5 Å². The smallest absolute Gasteiger partial charge is 0.225 e. The van der Waals surface area contributed by atoms with Gasteiger partial charge in [0.15, 0.2) is 0 Å². The van der Waals surface area contributed by atoms with Crippen LogP contribution in [-0.2, 0) is 6.42 Å². The van der Waals surface area contributed by atoms with Crippen molar-refractivity contribution in [3.63, 3.8) is 0 Å². The summed E-state index contributed by atoms with van der Waals surface area (Å²) in [7, 11) is 4.47. The van der Waals surface area contributed by atoms with E-state index in [1.807, 2.05) is 0 Å². The van der Waals surface area contributed by atoms with E-state index in [1.165, 1.54) is 44.2 Å². The maximum Gasteiger partial charge on any atom is 0.225 e. The van der Waals surface area contributed by atoms with Gasteiger partial charge in [0.1, 0.15) is 0 Å². The molecule has 0 N–H and O–H groups in total.